The molecule has 0 saturated carbocycles. The first-order chi connectivity index (χ1) is 11.9. The molecule has 5 nitrogen and oxygen atoms in total. The number of thiophene rings is 1. The van der Waals surface area contributed by atoms with E-state index in [1.165, 1.54) is 11.3 Å². The minimum Gasteiger partial charge on any atom is -0.480 e. The fourth-order valence-electron chi connectivity index (χ4n) is 1.99. The molecule has 2 heterocycles. The Morgan fingerprint density at radius 2 is 1.92 bits per heavy atom. The molecular weight excluding hydrogens is 402 g/mol. The third-order valence-electron chi connectivity index (χ3n) is 3.07. The summed E-state index contributed by atoms with van der Waals surface area (Å²) in [5, 5.41) is 8.87. The van der Waals surface area contributed by atoms with Crippen LogP contribution in [0.5, 0.6) is 0 Å². The van der Waals surface area contributed by atoms with Gasteiger partial charge >= 0.3 is 5.97 Å². The number of hydrogen-bond acceptors (Lipinski definition) is 6. The third-order valence-corrected chi connectivity index (χ3v) is 6.41. The maximum absolute atomic E-state index is 12.1. The molecule has 1 aliphatic rings. The Morgan fingerprint density at radius 1 is 1.20 bits per heavy atom. The van der Waals surface area contributed by atoms with E-state index in [9.17, 15) is 14.4 Å². The summed E-state index contributed by atoms with van der Waals surface area (Å²) in [6.07, 6.45) is 1.61. The van der Waals surface area contributed by atoms with E-state index in [-0.39, 0.29) is 4.91 Å². The van der Waals surface area contributed by atoms with Crippen LogP contribution in [0.1, 0.15) is 4.88 Å². The Kier molecular flexibility index (Phi) is 5.53. The van der Waals surface area contributed by atoms with Crippen LogP contribution in [0.15, 0.2) is 50.4 Å². The highest BCUT2D eigenvalue weighted by atomic mass is 35.5. The predicted molar refractivity (Wildman–Crippen MR) is 100 cm³/mol. The van der Waals surface area contributed by atoms with Crippen LogP contribution >= 0.6 is 46.5 Å². The van der Waals surface area contributed by atoms with Crippen LogP contribution in [0, 0.1) is 0 Å². The lowest BCUT2D eigenvalue weighted by Gasteiger charge is -2.07. The second kappa shape index (κ2) is 7.65. The largest absolute Gasteiger partial charge is 0.480 e. The number of halogens is 1. The van der Waals surface area contributed by atoms with Gasteiger partial charge in [-0.25, -0.2) is 0 Å². The van der Waals surface area contributed by atoms with Crippen molar-refractivity contribution >= 4 is 69.7 Å². The van der Waals surface area contributed by atoms with Crippen molar-refractivity contribution in [2.24, 2.45) is 0 Å². The van der Waals surface area contributed by atoms with Crippen molar-refractivity contribution in [1.82, 2.24) is 4.90 Å². The minimum atomic E-state index is -1.22. The minimum absolute atomic E-state index is 0.233. The smallest absolute Gasteiger partial charge is 0.323 e. The first-order valence-electron chi connectivity index (χ1n) is 6.93. The number of carboxylic acid groups (broad SMARTS) is 1. The molecule has 0 unspecified atom stereocenters. The topological polar surface area (TPSA) is 74.7 Å². The molecule has 1 aromatic carbocycles. The average Bonchev–Trinajstić information content (AvgIpc) is 3.09. The van der Waals surface area contributed by atoms with Gasteiger partial charge in [0, 0.05) is 14.8 Å². The first kappa shape index (κ1) is 18.1. The summed E-state index contributed by atoms with van der Waals surface area (Å²) in [6.45, 7) is -0.621. The van der Waals surface area contributed by atoms with Crippen LogP contribution in [-0.2, 0) is 9.59 Å². The van der Waals surface area contributed by atoms with Gasteiger partial charge in [-0.05, 0) is 54.2 Å². The average molecular weight is 412 g/mol. The second-order valence-electron chi connectivity index (χ2n) is 4.87. The summed E-state index contributed by atoms with van der Waals surface area (Å²) in [5.74, 6) is -1.79. The highest BCUT2D eigenvalue weighted by molar-refractivity contribution is 8.18. The van der Waals surface area contributed by atoms with Crippen LogP contribution < -0.4 is 0 Å². The number of carbonyl (C=O) groups excluding carboxylic acids is 2. The molecule has 2 aromatic rings. The van der Waals surface area contributed by atoms with Gasteiger partial charge in [0.05, 0.1) is 9.11 Å². The number of carboxylic acids is 1. The molecule has 0 radical (unpaired) electrons. The summed E-state index contributed by atoms with van der Waals surface area (Å²) in [5.41, 5.74) is 0. The van der Waals surface area contributed by atoms with Crippen molar-refractivity contribution in [3.8, 4) is 0 Å². The van der Waals surface area contributed by atoms with E-state index < -0.39 is 23.7 Å². The number of benzene rings is 1. The first-order valence-corrected chi connectivity index (χ1v) is 9.75. The number of aliphatic carboxylic acids is 1. The van der Waals surface area contributed by atoms with Crippen molar-refractivity contribution in [3.05, 3.63) is 51.2 Å². The standard InChI is InChI=1S/C16H10ClNO4S3/c17-9-1-3-10(4-2-9)23-14-6-5-11(24-14)7-12-15(21)18(8-13(19)20)16(22)25-12/h1-7H,8H2,(H,19,20)/b12-7-. The van der Waals surface area contributed by atoms with Crippen molar-refractivity contribution in [2.45, 2.75) is 9.10 Å². The molecule has 25 heavy (non-hydrogen) atoms. The molecule has 2 amide bonds. The fourth-order valence-corrected chi connectivity index (χ4v) is 5.08. The quantitative estimate of drug-likeness (QED) is 0.720. The molecular formula is C16H10ClNO4S3. The van der Waals surface area contributed by atoms with E-state index >= 15 is 0 Å². The number of amides is 2. The molecule has 1 saturated heterocycles. The molecule has 0 bridgehead atoms. The van der Waals surface area contributed by atoms with E-state index in [1.807, 2.05) is 36.4 Å². The number of hydrogen-bond donors (Lipinski definition) is 1. The van der Waals surface area contributed by atoms with Crippen molar-refractivity contribution in [2.75, 3.05) is 6.54 Å². The van der Waals surface area contributed by atoms with Gasteiger partial charge in [-0.1, -0.05) is 23.4 Å². The molecule has 3 rings (SSSR count). The number of rotatable bonds is 5. The lowest BCUT2D eigenvalue weighted by Crippen LogP contribution is -2.33. The highest BCUT2D eigenvalue weighted by Crippen LogP contribution is 2.37. The normalized spacial score (nSPS) is 16.0. The summed E-state index contributed by atoms with van der Waals surface area (Å²) in [7, 11) is 0. The van der Waals surface area contributed by atoms with Crippen molar-refractivity contribution in [3.63, 3.8) is 0 Å². The van der Waals surface area contributed by atoms with Gasteiger partial charge in [0.1, 0.15) is 6.54 Å². The lowest BCUT2D eigenvalue weighted by atomic mass is 10.3. The Morgan fingerprint density at radius 3 is 2.60 bits per heavy atom. The Labute approximate surface area is 160 Å². The van der Waals surface area contributed by atoms with Gasteiger partial charge in [-0.3, -0.25) is 19.3 Å². The van der Waals surface area contributed by atoms with Crippen molar-refractivity contribution < 1.29 is 19.5 Å². The third kappa shape index (κ3) is 4.46. The molecule has 1 fully saturated rings. The summed E-state index contributed by atoms with van der Waals surface area (Å²) < 4.78 is 1.03. The van der Waals surface area contributed by atoms with Gasteiger partial charge in [0.25, 0.3) is 11.1 Å². The monoisotopic (exact) mass is 411 g/mol. The van der Waals surface area contributed by atoms with Gasteiger partial charge in [-0.2, -0.15) is 0 Å². The van der Waals surface area contributed by atoms with E-state index in [0.29, 0.717) is 5.02 Å². The van der Waals surface area contributed by atoms with Gasteiger partial charge < -0.3 is 5.11 Å². The van der Waals surface area contributed by atoms with Crippen LogP contribution in [-0.4, -0.2) is 33.7 Å². The maximum Gasteiger partial charge on any atom is 0.323 e. The van der Waals surface area contributed by atoms with Gasteiger partial charge in [0.15, 0.2) is 0 Å². The Bertz CT molecular complexity index is 876. The molecule has 128 valence electrons. The molecule has 1 aromatic heterocycles. The summed E-state index contributed by atoms with van der Waals surface area (Å²) >= 11 is 9.67. The lowest BCUT2D eigenvalue weighted by molar-refractivity contribution is -0.140. The van der Waals surface area contributed by atoms with Crippen molar-refractivity contribution in [1.29, 1.82) is 0 Å². The van der Waals surface area contributed by atoms with Crippen LogP contribution in [0.4, 0.5) is 4.79 Å². The summed E-state index contributed by atoms with van der Waals surface area (Å²) in [4.78, 5) is 37.4. The number of imide groups is 1. The summed E-state index contributed by atoms with van der Waals surface area (Å²) in [6, 6.07) is 11.3. The van der Waals surface area contributed by atoms with E-state index in [0.717, 1.165) is 30.6 Å². The molecule has 1 N–H and O–H groups in total. The van der Waals surface area contributed by atoms with E-state index in [1.54, 1.807) is 17.8 Å². The SMILES string of the molecule is O=C(O)CN1C(=O)S/C(=C\c2ccc(Sc3ccc(Cl)cc3)s2)C1=O. The van der Waals surface area contributed by atoms with Crippen LogP contribution in [0.2, 0.25) is 5.02 Å². The molecule has 0 spiro atoms. The van der Waals surface area contributed by atoms with E-state index in [4.69, 9.17) is 16.7 Å². The zero-order valence-corrected chi connectivity index (χ0v) is 15.7. The fraction of sp³-hybridized carbons (Fsp3) is 0.0625. The zero-order chi connectivity index (χ0) is 18.0. The molecule has 0 aliphatic carbocycles. The Balaban J connectivity index is 1.73. The number of thioether (sulfide) groups is 1. The number of nitrogens with zero attached hydrogens (tertiary/aromatic N) is 1. The predicted octanol–water partition coefficient (Wildman–Crippen LogP) is 4.67. The van der Waals surface area contributed by atoms with Crippen LogP contribution in [0.3, 0.4) is 0 Å². The maximum atomic E-state index is 12.1. The van der Waals surface area contributed by atoms with Gasteiger partial charge in [-0.15, -0.1) is 11.3 Å². The second-order valence-corrected chi connectivity index (χ2v) is 8.79. The Hall–Kier alpha value is -1.74. The molecule has 9 heteroatoms. The highest BCUT2D eigenvalue weighted by Gasteiger charge is 2.36. The van der Waals surface area contributed by atoms with Crippen LogP contribution in [0.25, 0.3) is 6.08 Å². The van der Waals surface area contributed by atoms with Gasteiger partial charge in [0.2, 0.25) is 0 Å². The molecule has 1 aliphatic heterocycles. The van der Waals surface area contributed by atoms with E-state index in [2.05, 4.69) is 0 Å². The molecule has 0 atom stereocenters. The zero-order valence-electron chi connectivity index (χ0n) is 12.5. The number of carbonyl (C=O) groups is 3.